The molecule has 3 rings (SSSR count). The molecular formula is C17H24NO3+. The molecule has 2 heterocycles. The third-order valence-electron chi connectivity index (χ3n) is 5.20. The van der Waals surface area contributed by atoms with E-state index in [1.54, 1.807) is 4.90 Å². The first-order valence-corrected chi connectivity index (χ1v) is 7.88. The Morgan fingerprint density at radius 2 is 1.90 bits per heavy atom. The van der Waals surface area contributed by atoms with Gasteiger partial charge in [-0.05, 0) is 5.56 Å². The van der Waals surface area contributed by atoms with E-state index in [9.17, 15) is 9.90 Å². The molecule has 21 heavy (non-hydrogen) atoms. The first kappa shape index (κ1) is 14.5. The maximum absolute atomic E-state index is 12.4. The van der Waals surface area contributed by atoms with E-state index in [0.717, 1.165) is 18.4 Å². The number of nitrogens with one attached hydrogen (secondary N) is 1. The fraction of sp³-hybridized carbons (Fsp3) is 0.588. The van der Waals surface area contributed by atoms with Crippen molar-refractivity contribution < 1.29 is 19.5 Å². The monoisotopic (exact) mass is 290 g/mol. The van der Waals surface area contributed by atoms with Crippen LogP contribution in [0.25, 0.3) is 0 Å². The van der Waals surface area contributed by atoms with Crippen LogP contribution >= 0.6 is 0 Å². The van der Waals surface area contributed by atoms with Gasteiger partial charge in [0.1, 0.15) is 12.0 Å². The number of ether oxygens (including phenoxy) is 1. The Morgan fingerprint density at radius 3 is 2.48 bits per heavy atom. The highest BCUT2D eigenvalue weighted by Gasteiger charge is 2.44. The second-order valence-electron chi connectivity index (χ2n) is 6.39. The van der Waals surface area contributed by atoms with Crippen LogP contribution in [0.4, 0.5) is 0 Å². The van der Waals surface area contributed by atoms with Crippen molar-refractivity contribution in [2.24, 2.45) is 0 Å². The van der Waals surface area contributed by atoms with Gasteiger partial charge >= 0.3 is 5.97 Å². The summed E-state index contributed by atoms with van der Waals surface area (Å²) >= 11 is 0. The standard InChI is InChI=1S/C17H23NO3/c1-18-13-7-8-14(18)10-15(9-13)21-17(20)16(11-19)12-5-3-2-4-6-12/h2-6,13-16,19H,7-11H2,1H3/p+1/t13-,14+,15?,16-/m0/s1. The molecule has 1 aromatic rings. The molecule has 0 aromatic heterocycles. The summed E-state index contributed by atoms with van der Waals surface area (Å²) in [7, 11) is 2.25. The van der Waals surface area contributed by atoms with Crippen LogP contribution in [0.2, 0.25) is 0 Å². The van der Waals surface area contributed by atoms with Crippen molar-refractivity contribution in [2.75, 3.05) is 13.7 Å². The van der Waals surface area contributed by atoms with Gasteiger partial charge in [0, 0.05) is 25.7 Å². The number of hydrogen-bond acceptors (Lipinski definition) is 3. The van der Waals surface area contributed by atoms with Gasteiger partial charge in [0.25, 0.3) is 0 Å². The summed E-state index contributed by atoms with van der Waals surface area (Å²) in [4.78, 5) is 14.0. The fourth-order valence-corrected chi connectivity index (χ4v) is 3.87. The molecule has 0 aliphatic carbocycles. The van der Waals surface area contributed by atoms with E-state index in [0.29, 0.717) is 12.1 Å². The maximum Gasteiger partial charge on any atom is 0.316 e. The van der Waals surface area contributed by atoms with Crippen LogP contribution < -0.4 is 4.90 Å². The molecular weight excluding hydrogens is 266 g/mol. The fourth-order valence-electron chi connectivity index (χ4n) is 3.87. The average Bonchev–Trinajstić information content (AvgIpc) is 2.72. The molecule has 4 nitrogen and oxygen atoms in total. The number of carbonyl (C=O) groups excluding carboxylic acids is 1. The van der Waals surface area contributed by atoms with Gasteiger partial charge in [0.05, 0.1) is 25.7 Å². The molecule has 5 atom stereocenters. The molecule has 2 fully saturated rings. The van der Waals surface area contributed by atoms with E-state index in [4.69, 9.17) is 4.74 Å². The van der Waals surface area contributed by atoms with Crippen LogP contribution in [0.1, 0.15) is 37.2 Å². The second-order valence-corrected chi connectivity index (χ2v) is 6.39. The summed E-state index contributed by atoms with van der Waals surface area (Å²) in [6.07, 6.45) is 4.43. The minimum Gasteiger partial charge on any atom is -0.461 e. The molecule has 0 spiro atoms. The predicted molar refractivity (Wildman–Crippen MR) is 79.1 cm³/mol. The van der Waals surface area contributed by atoms with Gasteiger partial charge in [-0.25, -0.2) is 0 Å². The van der Waals surface area contributed by atoms with Crippen molar-refractivity contribution in [3.63, 3.8) is 0 Å². The third-order valence-corrected chi connectivity index (χ3v) is 5.20. The lowest BCUT2D eigenvalue weighted by atomic mass is 9.98. The second kappa shape index (κ2) is 6.16. The van der Waals surface area contributed by atoms with Crippen molar-refractivity contribution in [3.8, 4) is 0 Å². The Kier molecular flexibility index (Phi) is 4.27. The van der Waals surface area contributed by atoms with E-state index in [1.165, 1.54) is 12.8 Å². The minimum absolute atomic E-state index is 0.0245. The normalized spacial score (nSPS) is 32.7. The summed E-state index contributed by atoms with van der Waals surface area (Å²) < 4.78 is 5.72. The Bertz CT molecular complexity index is 476. The van der Waals surface area contributed by atoms with E-state index in [2.05, 4.69) is 7.05 Å². The van der Waals surface area contributed by atoms with Crippen molar-refractivity contribution >= 4 is 5.97 Å². The summed E-state index contributed by atoms with van der Waals surface area (Å²) in [5.74, 6) is -0.844. The highest BCUT2D eigenvalue weighted by Crippen LogP contribution is 2.26. The van der Waals surface area contributed by atoms with Crippen LogP contribution in [-0.4, -0.2) is 42.9 Å². The zero-order chi connectivity index (χ0) is 14.8. The van der Waals surface area contributed by atoms with Crippen LogP contribution in [-0.2, 0) is 9.53 Å². The number of fused-ring (bicyclic) bond motifs is 2. The molecule has 0 amide bonds. The summed E-state index contributed by atoms with van der Waals surface area (Å²) in [6.45, 7) is -0.201. The third kappa shape index (κ3) is 2.97. The largest absolute Gasteiger partial charge is 0.461 e. The SMILES string of the molecule is C[NH+]1[C@@H]2CC[C@H]1CC(OC(=O)[C@@H](CO)c1ccccc1)C2. The van der Waals surface area contributed by atoms with Gasteiger partial charge in [0.15, 0.2) is 0 Å². The molecule has 2 unspecified atom stereocenters. The summed E-state index contributed by atoms with van der Waals surface area (Å²) in [5, 5.41) is 9.53. The Labute approximate surface area is 125 Å². The number of hydrogen-bond donors (Lipinski definition) is 2. The molecule has 2 saturated heterocycles. The van der Waals surface area contributed by atoms with Gasteiger partial charge in [-0.15, -0.1) is 0 Å². The Balaban J connectivity index is 1.63. The molecule has 1 aromatic carbocycles. The molecule has 0 radical (unpaired) electrons. The first-order valence-electron chi connectivity index (χ1n) is 7.88. The van der Waals surface area contributed by atoms with Crippen LogP contribution in [0.15, 0.2) is 30.3 Å². The number of carbonyl (C=O) groups is 1. The predicted octanol–water partition coefficient (Wildman–Crippen LogP) is 0.514. The number of rotatable bonds is 4. The first-order chi connectivity index (χ1) is 10.2. The van der Waals surface area contributed by atoms with E-state index < -0.39 is 5.92 Å². The smallest absolute Gasteiger partial charge is 0.316 e. The van der Waals surface area contributed by atoms with Gasteiger partial charge in [-0.1, -0.05) is 30.3 Å². The number of aliphatic hydroxyl groups is 1. The van der Waals surface area contributed by atoms with Crippen molar-refractivity contribution in [2.45, 2.75) is 49.8 Å². The molecule has 2 N–H and O–H groups in total. The quantitative estimate of drug-likeness (QED) is 0.795. The molecule has 2 aliphatic heterocycles. The Hall–Kier alpha value is -1.39. The zero-order valence-corrected chi connectivity index (χ0v) is 12.5. The van der Waals surface area contributed by atoms with Crippen molar-refractivity contribution in [3.05, 3.63) is 35.9 Å². The lowest BCUT2D eigenvalue weighted by Gasteiger charge is -2.33. The van der Waals surface area contributed by atoms with Gasteiger partial charge < -0.3 is 14.7 Å². The Morgan fingerprint density at radius 1 is 1.29 bits per heavy atom. The molecule has 0 saturated carbocycles. The molecule has 2 bridgehead atoms. The highest BCUT2D eigenvalue weighted by atomic mass is 16.5. The molecule has 2 aliphatic rings. The van der Waals surface area contributed by atoms with Gasteiger partial charge in [-0.2, -0.15) is 0 Å². The van der Waals surface area contributed by atoms with E-state index >= 15 is 0 Å². The minimum atomic E-state index is -0.559. The number of piperidine rings is 1. The van der Waals surface area contributed by atoms with Crippen molar-refractivity contribution in [1.82, 2.24) is 0 Å². The molecule has 4 heteroatoms. The average molecular weight is 290 g/mol. The van der Waals surface area contributed by atoms with E-state index in [1.807, 2.05) is 30.3 Å². The van der Waals surface area contributed by atoms with E-state index in [-0.39, 0.29) is 18.7 Å². The van der Waals surface area contributed by atoms with Gasteiger partial charge in [0.2, 0.25) is 0 Å². The van der Waals surface area contributed by atoms with Crippen LogP contribution in [0.5, 0.6) is 0 Å². The summed E-state index contributed by atoms with van der Waals surface area (Å²) in [5.41, 5.74) is 0.825. The number of esters is 1. The topological polar surface area (TPSA) is 51.0 Å². The zero-order valence-electron chi connectivity index (χ0n) is 12.5. The van der Waals surface area contributed by atoms with Gasteiger partial charge in [-0.3, -0.25) is 4.79 Å². The van der Waals surface area contributed by atoms with Crippen molar-refractivity contribution in [1.29, 1.82) is 0 Å². The highest BCUT2D eigenvalue weighted by molar-refractivity contribution is 5.78. The number of aliphatic hydroxyl groups excluding tert-OH is 1. The van der Waals surface area contributed by atoms with Crippen LogP contribution in [0, 0.1) is 0 Å². The summed E-state index contributed by atoms with van der Waals surface area (Å²) in [6, 6.07) is 10.7. The van der Waals surface area contributed by atoms with Crippen LogP contribution in [0.3, 0.4) is 0 Å². The number of quaternary nitrogens is 1. The lowest BCUT2D eigenvalue weighted by molar-refractivity contribution is -0.923. The number of benzene rings is 1. The lowest BCUT2D eigenvalue weighted by Crippen LogP contribution is -3.15. The maximum atomic E-state index is 12.4. The molecule has 114 valence electrons.